The molecule has 1 aromatic heterocycles. The van der Waals surface area contributed by atoms with Crippen LogP contribution in [0.1, 0.15) is 10.4 Å². The number of non-ortho nitro benzene ring substituents is 2. The molecule has 3 aromatic rings. The third-order valence-electron chi connectivity index (χ3n) is 3.49. The van der Waals surface area contributed by atoms with E-state index < -0.39 is 21.4 Å². The zero-order valence-corrected chi connectivity index (χ0v) is 12.9. The molecule has 0 unspecified atom stereocenters. The number of hydrogen-bond donors (Lipinski definition) is 1. The van der Waals surface area contributed by atoms with Gasteiger partial charge in [-0.2, -0.15) is 0 Å². The average Bonchev–Trinajstić information content (AvgIpc) is 2.60. The van der Waals surface area contributed by atoms with Crippen molar-refractivity contribution in [1.82, 2.24) is 0 Å². The Morgan fingerprint density at radius 2 is 1.65 bits per heavy atom. The van der Waals surface area contributed by atoms with Crippen LogP contribution >= 0.6 is 0 Å². The predicted molar refractivity (Wildman–Crippen MR) is 90.2 cm³/mol. The molecule has 0 fully saturated rings. The molecule has 10 nitrogen and oxygen atoms in total. The number of hydrogen-bond acceptors (Lipinski definition) is 7. The number of benzene rings is 2. The first-order chi connectivity index (χ1) is 12.3. The standard InChI is InChI=1S/C16H9N3O7/c20-15(17-10-2-1-3-11(8-10)18(22)23)13-7-9-6-12(19(24)25)4-5-14(9)26-16(13)21/h1-8H,(H,17,20). The first kappa shape index (κ1) is 16.8. The fourth-order valence-corrected chi connectivity index (χ4v) is 2.28. The number of carbonyl (C=O) groups excluding carboxylic acids is 1. The average molecular weight is 355 g/mol. The van der Waals surface area contributed by atoms with Gasteiger partial charge >= 0.3 is 5.63 Å². The number of rotatable bonds is 4. The van der Waals surface area contributed by atoms with Crippen molar-refractivity contribution in [2.45, 2.75) is 0 Å². The number of nitrogens with one attached hydrogen (secondary N) is 1. The maximum absolute atomic E-state index is 12.3. The molecule has 0 aliphatic rings. The fourth-order valence-electron chi connectivity index (χ4n) is 2.28. The summed E-state index contributed by atoms with van der Waals surface area (Å²) in [5.74, 6) is -0.854. The van der Waals surface area contributed by atoms with Crippen molar-refractivity contribution in [3.63, 3.8) is 0 Å². The number of nitro groups is 2. The number of carbonyl (C=O) groups is 1. The molecule has 0 spiro atoms. The van der Waals surface area contributed by atoms with Gasteiger partial charge < -0.3 is 9.73 Å². The summed E-state index contributed by atoms with van der Waals surface area (Å²) in [5.41, 5.74) is -1.57. The van der Waals surface area contributed by atoms with E-state index in [0.717, 1.165) is 6.07 Å². The second kappa shape index (κ2) is 6.43. The van der Waals surface area contributed by atoms with Crippen LogP contribution in [-0.4, -0.2) is 15.8 Å². The summed E-state index contributed by atoms with van der Waals surface area (Å²) in [5, 5.41) is 24.2. The Hall–Kier alpha value is -4.08. The molecule has 0 saturated carbocycles. The number of amides is 1. The molecule has 3 rings (SSSR count). The normalized spacial score (nSPS) is 10.5. The molecule has 0 saturated heterocycles. The molecule has 1 heterocycles. The molecule has 0 radical (unpaired) electrons. The highest BCUT2D eigenvalue weighted by molar-refractivity contribution is 6.05. The minimum absolute atomic E-state index is 0.0903. The monoisotopic (exact) mass is 355 g/mol. The van der Waals surface area contributed by atoms with Crippen molar-refractivity contribution in [1.29, 1.82) is 0 Å². The third kappa shape index (κ3) is 3.24. The van der Waals surface area contributed by atoms with Crippen LogP contribution in [0.4, 0.5) is 17.1 Å². The predicted octanol–water partition coefficient (Wildman–Crippen LogP) is 2.86. The van der Waals surface area contributed by atoms with Gasteiger partial charge in [0.1, 0.15) is 11.1 Å². The molecular formula is C16H9N3O7. The van der Waals surface area contributed by atoms with Gasteiger partial charge in [-0.15, -0.1) is 0 Å². The summed E-state index contributed by atoms with van der Waals surface area (Å²) in [4.78, 5) is 44.7. The van der Waals surface area contributed by atoms with Crippen molar-refractivity contribution in [3.05, 3.63) is 84.7 Å². The van der Waals surface area contributed by atoms with Crippen molar-refractivity contribution in [3.8, 4) is 0 Å². The van der Waals surface area contributed by atoms with E-state index in [4.69, 9.17) is 4.42 Å². The molecule has 26 heavy (non-hydrogen) atoms. The molecule has 1 N–H and O–H groups in total. The Bertz CT molecular complexity index is 1120. The van der Waals surface area contributed by atoms with Crippen LogP contribution in [-0.2, 0) is 0 Å². The van der Waals surface area contributed by atoms with Gasteiger partial charge in [0.15, 0.2) is 0 Å². The summed E-state index contributed by atoms with van der Waals surface area (Å²) < 4.78 is 5.00. The molecular weight excluding hydrogens is 346 g/mol. The zero-order chi connectivity index (χ0) is 18.8. The number of nitro benzene ring substituents is 2. The van der Waals surface area contributed by atoms with Crippen LogP contribution in [0.5, 0.6) is 0 Å². The topological polar surface area (TPSA) is 146 Å². The first-order valence-corrected chi connectivity index (χ1v) is 7.13. The SMILES string of the molecule is O=C(Nc1cccc([N+](=O)[O-])c1)c1cc2cc([N+](=O)[O-])ccc2oc1=O. The largest absolute Gasteiger partial charge is 0.422 e. The van der Waals surface area contributed by atoms with E-state index in [2.05, 4.69) is 5.32 Å². The lowest BCUT2D eigenvalue weighted by Crippen LogP contribution is -2.20. The fraction of sp³-hybridized carbons (Fsp3) is 0. The van der Waals surface area contributed by atoms with E-state index in [-0.39, 0.29) is 33.6 Å². The molecule has 0 bridgehead atoms. The van der Waals surface area contributed by atoms with Crippen LogP contribution in [0.15, 0.2) is 57.7 Å². The molecule has 10 heteroatoms. The summed E-state index contributed by atoms with van der Waals surface area (Å²) >= 11 is 0. The van der Waals surface area contributed by atoms with Crippen LogP contribution in [0.2, 0.25) is 0 Å². The summed E-state index contributed by atoms with van der Waals surface area (Å²) in [6, 6.07) is 9.94. The van der Waals surface area contributed by atoms with Gasteiger partial charge in [-0.05, 0) is 18.2 Å². The van der Waals surface area contributed by atoms with Crippen molar-refractivity contribution < 1.29 is 19.1 Å². The van der Waals surface area contributed by atoms with Crippen LogP contribution in [0.3, 0.4) is 0 Å². The third-order valence-corrected chi connectivity index (χ3v) is 3.49. The second-order valence-corrected chi connectivity index (χ2v) is 5.19. The smallest absolute Gasteiger partial charge is 0.349 e. The van der Waals surface area contributed by atoms with E-state index in [1.165, 1.54) is 42.5 Å². The van der Waals surface area contributed by atoms with Gasteiger partial charge in [0.25, 0.3) is 17.3 Å². The summed E-state index contributed by atoms with van der Waals surface area (Å²) in [6.45, 7) is 0. The van der Waals surface area contributed by atoms with Gasteiger partial charge in [-0.1, -0.05) is 6.07 Å². The highest BCUT2D eigenvalue weighted by Gasteiger charge is 2.17. The number of fused-ring (bicyclic) bond motifs is 1. The molecule has 0 atom stereocenters. The van der Waals surface area contributed by atoms with Crippen molar-refractivity contribution in [2.75, 3.05) is 5.32 Å². The molecule has 0 aliphatic carbocycles. The highest BCUT2D eigenvalue weighted by Crippen LogP contribution is 2.21. The van der Waals surface area contributed by atoms with E-state index in [9.17, 15) is 29.8 Å². The molecule has 130 valence electrons. The van der Waals surface area contributed by atoms with Crippen LogP contribution < -0.4 is 10.9 Å². The highest BCUT2D eigenvalue weighted by atomic mass is 16.6. The Kier molecular flexibility index (Phi) is 4.15. The minimum Gasteiger partial charge on any atom is -0.422 e. The Balaban J connectivity index is 1.98. The summed E-state index contributed by atoms with van der Waals surface area (Å²) in [7, 11) is 0. The van der Waals surface area contributed by atoms with Crippen molar-refractivity contribution >= 4 is 33.9 Å². The lowest BCUT2D eigenvalue weighted by atomic mass is 10.1. The molecule has 0 aliphatic heterocycles. The van der Waals surface area contributed by atoms with E-state index in [1.807, 2.05) is 0 Å². The van der Waals surface area contributed by atoms with Gasteiger partial charge in [-0.3, -0.25) is 25.0 Å². The molecule has 1 amide bonds. The van der Waals surface area contributed by atoms with E-state index >= 15 is 0 Å². The van der Waals surface area contributed by atoms with Gasteiger partial charge in [0.05, 0.1) is 9.85 Å². The maximum atomic E-state index is 12.3. The maximum Gasteiger partial charge on any atom is 0.349 e. The number of nitrogens with zero attached hydrogens (tertiary/aromatic N) is 2. The summed E-state index contributed by atoms with van der Waals surface area (Å²) in [6.07, 6.45) is 0. The lowest BCUT2D eigenvalue weighted by molar-refractivity contribution is -0.384. The minimum atomic E-state index is -0.936. The Morgan fingerprint density at radius 1 is 0.962 bits per heavy atom. The van der Waals surface area contributed by atoms with Crippen LogP contribution in [0, 0.1) is 20.2 Å². The number of anilines is 1. The Labute approximate surface area is 144 Å². The van der Waals surface area contributed by atoms with E-state index in [1.54, 1.807) is 0 Å². The van der Waals surface area contributed by atoms with Crippen molar-refractivity contribution in [2.24, 2.45) is 0 Å². The molecule has 2 aromatic carbocycles. The lowest BCUT2D eigenvalue weighted by Gasteiger charge is -2.05. The van der Waals surface area contributed by atoms with Gasteiger partial charge in [0.2, 0.25) is 0 Å². The first-order valence-electron chi connectivity index (χ1n) is 7.13. The zero-order valence-electron chi connectivity index (χ0n) is 12.9. The second-order valence-electron chi connectivity index (χ2n) is 5.19. The van der Waals surface area contributed by atoms with Gasteiger partial charge in [0, 0.05) is 35.3 Å². The van der Waals surface area contributed by atoms with E-state index in [0.29, 0.717) is 0 Å². The van der Waals surface area contributed by atoms with Gasteiger partial charge in [-0.25, -0.2) is 4.79 Å². The van der Waals surface area contributed by atoms with Crippen LogP contribution in [0.25, 0.3) is 11.0 Å². The quantitative estimate of drug-likeness (QED) is 0.430. The Morgan fingerprint density at radius 3 is 2.35 bits per heavy atom.